The number of aliphatic carboxylic acids is 1. The zero-order valence-electron chi connectivity index (χ0n) is 10.0. The third kappa shape index (κ3) is 3.15. The maximum absolute atomic E-state index is 12.8. The Morgan fingerprint density at radius 3 is 2.33 bits per heavy atom. The molecular formula is C12H14F3NO2. The number of nitrogens with two attached hydrogens (primary N) is 1. The minimum atomic E-state index is -4.54. The third-order valence-corrected chi connectivity index (χ3v) is 2.65. The highest BCUT2D eigenvalue weighted by Gasteiger charge is 2.36. The van der Waals surface area contributed by atoms with E-state index in [-0.39, 0.29) is 17.7 Å². The standard InChI is InChI=1S/C12H14F3NO2/c1-11(2,10(17)18)6-7-3-4-8(16)5-9(7)12(13,14)15/h3-5H,6,16H2,1-2H3,(H,17,18). The van der Waals surface area contributed by atoms with E-state index in [1.165, 1.54) is 26.0 Å². The van der Waals surface area contributed by atoms with Gasteiger partial charge < -0.3 is 10.8 Å². The molecule has 18 heavy (non-hydrogen) atoms. The minimum Gasteiger partial charge on any atom is -0.481 e. The van der Waals surface area contributed by atoms with Crippen LogP contribution in [0.1, 0.15) is 25.0 Å². The molecule has 1 rings (SSSR count). The number of carboxylic acids is 1. The summed E-state index contributed by atoms with van der Waals surface area (Å²) < 4.78 is 38.4. The molecule has 0 bridgehead atoms. The average Bonchev–Trinajstić information content (AvgIpc) is 2.18. The first-order valence-electron chi connectivity index (χ1n) is 5.23. The van der Waals surface area contributed by atoms with Crippen LogP contribution in [0, 0.1) is 5.41 Å². The van der Waals surface area contributed by atoms with E-state index >= 15 is 0 Å². The topological polar surface area (TPSA) is 63.3 Å². The molecule has 1 aromatic rings. The van der Waals surface area contributed by atoms with E-state index in [2.05, 4.69) is 0 Å². The van der Waals surface area contributed by atoms with Crippen LogP contribution in [0.25, 0.3) is 0 Å². The molecule has 0 aliphatic carbocycles. The van der Waals surface area contributed by atoms with Gasteiger partial charge in [0.05, 0.1) is 11.0 Å². The number of hydrogen-bond acceptors (Lipinski definition) is 2. The highest BCUT2D eigenvalue weighted by molar-refractivity contribution is 5.74. The van der Waals surface area contributed by atoms with E-state index in [1.54, 1.807) is 0 Å². The quantitative estimate of drug-likeness (QED) is 0.822. The van der Waals surface area contributed by atoms with E-state index in [0.717, 1.165) is 6.07 Å². The molecular weight excluding hydrogens is 247 g/mol. The number of benzene rings is 1. The van der Waals surface area contributed by atoms with E-state index in [9.17, 15) is 18.0 Å². The van der Waals surface area contributed by atoms with Crippen molar-refractivity contribution >= 4 is 11.7 Å². The lowest BCUT2D eigenvalue weighted by molar-refractivity contribution is -0.148. The van der Waals surface area contributed by atoms with Crippen LogP contribution in [0.15, 0.2) is 18.2 Å². The molecule has 6 heteroatoms. The fourth-order valence-electron chi connectivity index (χ4n) is 1.56. The number of carbonyl (C=O) groups is 1. The van der Waals surface area contributed by atoms with Crippen LogP contribution in [-0.2, 0) is 17.4 Å². The Kier molecular flexibility index (Phi) is 3.59. The largest absolute Gasteiger partial charge is 0.481 e. The maximum atomic E-state index is 12.8. The lowest BCUT2D eigenvalue weighted by atomic mass is 9.84. The van der Waals surface area contributed by atoms with Gasteiger partial charge in [0.1, 0.15) is 0 Å². The Hall–Kier alpha value is -1.72. The van der Waals surface area contributed by atoms with Crippen molar-refractivity contribution in [1.82, 2.24) is 0 Å². The summed E-state index contributed by atoms with van der Waals surface area (Å²) in [4.78, 5) is 10.9. The summed E-state index contributed by atoms with van der Waals surface area (Å²) in [7, 11) is 0. The van der Waals surface area contributed by atoms with E-state index in [0.29, 0.717) is 0 Å². The SMILES string of the molecule is CC(C)(Cc1ccc(N)cc1C(F)(F)F)C(=O)O. The summed E-state index contributed by atoms with van der Waals surface area (Å²) in [6.07, 6.45) is -4.75. The van der Waals surface area contributed by atoms with Crippen LogP contribution in [0.4, 0.5) is 18.9 Å². The van der Waals surface area contributed by atoms with E-state index in [4.69, 9.17) is 10.8 Å². The molecule has 0 spiro atoms. The number of carboxylic acid groups (broad SMARTS) is 1. The van der Waals surface area contributed by atoms with Crippen molar-refractivity contribution < 1.29 is 23.1 Å². The van der Waals surface area contributed by atoms with Crippen molar-refractivity contribution in [3.8, 4) is 0 Å². The zero-order valence-corrected chi connectivity index (χ0v) is 10.0. The summed E-state index contributed by atoms with van der Waals surface area (Å²) in [5.41, 5.74) is 3.12. The molecule has 0 saturated carbocycles. The van der Waals surface area contributed by atoms with Gasteiger partial charge in [-0.05, 0) is 38.0 Å². The average molecular weight is 261 g/mol. The zero-order chi connectivity index (χ0) is 14.1. The number of anilines is 1. The van der Waals surface area contributed by atoms with Crippen LogP contribution in [0.3, 0.4) is 0 Å². The summed E-state index contributed by atoms with van der Waals surface area (Å²) >= 11 is 0. The molecule has 100 valence electrons. The van der Waals surface area contributed by atoms with Crippen LogP contribution in [0.5, 0.6) is 0 Å². The summed E-state index contributed by atoms with van der Waals surface area (Å²) in [6, 6.07) is 3.39. The van der Waals surface area contributed by atoms with Gasteiger partial charge >= 0.3 is 12.1 Å². The lowest BCUT2D eigenvalue weighted by Gasteiger charge is -2.22. The molecule has 0 radical (unpaired) electrons. The summed E-state index contributed by atoms with van der Waals surface area (Å²) in [6.45, 7) is 2.76. The molecule has 3 nitrogen and oxygen atoms in total. The highest BCUT2D eigenvalue weighted by atomic mass is 19.4. The van der Waals surface area contributed by atoms with Crippen molar-refractivity contribution in [1.29, 1.82) is 0 Å². The first-order valence-corrected chi connectivity index (χ1v) is 5.23. The summed E-state index contributed by atoms with van der Waals surface area (Å²) in [5.74, 6) is -1.15. The maximum Gasteiger partial charge on any atom is 0.416 e. The number of hydrogen-bond donors (Lipinski definition) is 2. The molecule has 0 heterocycles. The predicted octanol–water partition coefficient (Wildman–Crippen LogP) is 2.94. The van der Waals surface area contributed by atoms with Gasteiger partial charge in [0.2, 0.25) is 0 Å². The number of nitrogen functional groups attached to an aromatic ring is 1. The van der Waals surface area contributed by atoms with E-state index in [1.807, 2.05) is 0 Å². The fourth-order valence-corrected chi connectivity index (χ4v) is 1.56. The molecule has 1 aromatic carbocycles. The van der Waals surface area contributed by atoms with Crippen LogP contribution in [0.2, 0.25) is 0 Å². The number of rotatable bonds is 3. The number of alkyl halides is 3. The molecule has 0 aliphatic rings. The molecule has 0 aliphatic heterocycles. The Morgan fingerprint density at radius 2 is 1.89 bits per heavy atom. The smallest absolute Gasteiger partial charge is 0.416 e. The van der Waals surface area contributed by atoms with Crippen LogP contribution >= 0.6 is 0 Å². The van der Waals surface area contributed by atoms with Crippen molar-refractivity contribution in [3.05, 3.63) is 29.3 Å². The van der Waals surface area contributed by atoms with Gasteiger partial charge in [-0.1, -0.05) is 6.07 Å². The molecule has 0 aromatic heterocycles. The molecule has 3 N–H and O–H groups in total. The molecule has 0 fully saturated rings. The molecule has 0 amide bonds. The first-order chi connectivity index (χ1) is 8.04. The van der Waals surface area contributed by atoms with Gasteiger partial charge in [0, 0.05) is 5.69 Å². The van der Waals surface area contributed by atoms with Gasteiger partial charge in [-0.15, -0.1) is 0 Å². The van der Waals surface area contributed by atoms with Gasteiger partial charge in [-0.2, -0.15) is 13.2 Å². The van der Waals surface area contributed by atoms with Crippen molar-refractivity contribution in [3.63, 3.8) is 0 Å². The molecule has 0 unspecified atom stereocenters. The Morgan fingerprint density at radius 1 is 1.33 bits per heavy atom. The third-order valence-electron chi connectivity index (χ3n) is 2.65. The van der Waals surface area contributed by atoms with Crippen LogP contribution in [-0.4, -0.2) is 11.1 Å². The monoisotopic (exact) mass is 261 g/mol. The van der Waals surface area contributed by atoms with Gasteiger partial charge in [-0.25, -0.2) is 0 Å². The molecule has 0 atom stereocenters. The Bertz CT molecular complexity index is 467. The van der Waals surface area contributed by atoms with Gasteiger partial charge in [-0.3, -0.25) is 4.79 Å². The first kappa shape index (κ1) is 14.3. The van der Waals surface area contributed by atoms with Crippen LogP contribution < -0.4 is 5.73 Å². The van der Waals surface area contributed by atoms with Gasteiger partial charge in [0.25, 0.3) is 0 Å². The lowest BCUT2D eigenvalue weighted by Crippen LogP contribution is -2.27. The Labute approximate surface area is 102 Å². The Balaban J connectivity index is 3.22. The normalized spacial score (nSPS) is 12.5. The second-order valence-electron chi connectivity index (χ2n) is 4.78. The minimum absolute atomic E-state index is 0.000735. The predicted molar refractivity (Wildman–Crippen MR) is 61.0 cm³/mol. The van der Waals surface area contributed by atoms with Crippen molar-refractivity contribution in [2.45, 2.75) is 26.4 Å². The fraction of sp³-hybridized carbons (Fsp3) is 0.417. The van der Waals surface area contributed by atoms with Crippen molar-refractivity contribution in [2.24, 2.45) is 5.41 Å². The highest BCUT2D eigenvalue weighted by Crippen LogP contribution is 2.36. The van der Waals surface area contributed by atoms with Crippen molar-refractivity contribution in [2.75, 3.05) is 5.73 Å². The summed E-state index contributed by atoms with van der Waals surface area (Å²) in [5, 5.41) is 8.94. The van der Waals surface area contributed by atoms with Gasteiger partial charge in [0.15, 0.2) is 0 Å². The number of halogens is 3. The second kappa shape index (κ2) is 4.51. The second-order valence-corrected chi connectivity index (χ2v) is 4.78. The molecule has 0 saturated heterocycles. The van der Waals surface area contributed by atoms with E-state index < -0.39 is 23.1 Å².